The Kier molecular flexibility index (Phi) is 3.68. The number of hydrogen-bond donors (Lipinski definition) is 1. The van der Waals surface area contributed by atoms with E-state index < -0.39 is 0 Å². The van der Waals surface area contributed by atoms with E-state index in [0.29, 0.717) is 12.3 Å². The molecule has 2 aromatic rings. The van der Waals surface area contributed by atoms with Crippen LogP contribution in [0.15, 0.2) is 77.2 Å². The summed E-state index contributed by atoms with van der Waals surface area (Å²) in [5, 5.41) is 12.6. The van der Waals surface area contributed by atoms with Gasteiger partial charge in [0.2, 0.25) is 0 Å². The van der Waals surface area contributed by atoms with Crippen LogP contribution >= 0.6 is 0 Å². The van der Waals surface area contributed by atoms with Crippen molar-refractivity contribution in [1.29, 1.82) is 5.26 Å². The Morgan fingerprint density at radius 1 is 1.19 bits per heavy atom. The summed E-state index contributed by atoms with van der Waals surface area (Å²) in [6, 6.07) is 16.7. The van der Waals surface area contributed by atoms with Crippen LogP contribution in [-0.4, -0.2) is 10.8 Å². The van der Waals surface area contributed by atoms with Gasteiger partial charge in [0.15, 0.2) is 0 Å². The molecule has 0 radical (unpaired) electrons. The van der Waals surface area contributed by atoms with Crippen LogP contribution in [0, 0.1) is 22.7 Å². The highest BCUT2D eigenvalue weighted by Crippen LogP contribution is 2.59. The molecule has 0 amide bonds. The third-order valence-electron chi connectivity index (χ3n) is 5.66. The molecule has 1 aliphatic heterocycles. The van der Waals surface area contributed by atoms with Crippen molar-refractivity contribution in [2.24, 2.45) is 16.3 Å². The second kappa shape index (κ2) is 6.21. The van der Waals surface area contributed by atoms with Gasteiger partial charge in [-0.1, -0.05) is 48.6 Å². The Morgan fingerprint density at radius 3 is 2.85 bits per heavy atom. The van der Waals surface area contributed by atoms with Crippen LogP contribution in [-0.2, 0) is 6.42 Å². The molecule has 132 valence electrons. The number of aliphatic imine (C=N–C) groups is 1. The van der Waals surface area contributed by atoms with Gasteiger partial charge >= 0.3 is 0 Å². The van der Waals surface area contributed by atoms with Gasteiger partial charge in [0, 0.05) is 47.8 Å². The molecular weight excluding hydrogens is 332 g/mol. The third-order valence-corrected chi connectivity index (χ3v) is 5.66. The zero-order valence-electron chi connectivity index (χ0n) is 15.0. The van der Waals surface area contributed by atoms with Crippen molar-refractivity contribution in [3.8, 4) is 17.3 Å². The average Bonchev–Trinajstić information content (AvgIpc) is 3.35. The molecule has 1 fully saturated rings. The fourth-order valence-electron chi connectivity index (χ4n) is 4.16. The third kappa shape index (κ3) is 3.06. The van der Waals surface area contributed by atoms with Crippen LogP contribution in [0.25, 0.3) is 11.3 Å². The normalized spacial score (nSPS) is 25.0. The van der Waals surface area contributed by atoms with Crippen molar-refractivity contribution in [2.75, 3.05) is 0 Å². The number of aromatic nitrogens is 1. The summed E-state index contributed by atoms with van der Waals surface area (Å²) in [5.74, 6) is 1.43. The molecule has 5 rings (SSSR count). The topological polar surface area (TPSA) is 61.1 Å². The van der Waals surface area contributed by atoms with E-state index >= 15 is 0 Å². The summed E-state index contributed by atoms with van der Waals surface area (Å²) in [6.45, 7) is 0. The molecule has 2 bridgehead atoms. The molecule has 27 heavy (non-hydrogen) atoms. The maximum absolute atomic E-state index is 9.14. The Morgan fingerprint density at radius 2 is 2.07 bits per heavy atom. The van der Waals surface area contributed by atoms with Gasteiger partial charge in [-0.15, -0.1) is 0 Å². The van der Waals surface area contributed by atoms with Crippen molar-refractivity contribution in [1.82, 2.24) is 10.3 Å². The Balaban J connectivity index is 1.35. The van der Waals surface area contributed by atoms with Crippen molar-refractivity contribution in [3.63, 3.8) is 0 Å². The Bertz CT molecular complexity index is 1010. The summed E-state index contributed by atoms with van der Waals surface area (Å²) in [6.07, 6.45) is 9.74. The highest BCUT2D eigenvalue weighted by Gasteiger charge is 2.52. The fourth-order valence-corrected chi connectivity index (χ4v) is 4.16. The lowest BCUT2D eigenvalue weighted by Gasteiger charge is -2.20. The Labute approximate surface area is 159 Å². The quantitative estimate of drug-likeness (QED) is 0.888. The van der Waals surface area contributed by atoms with E-state index in [0.717, 1.165) is 47.6 Å². The standard InChI is InChI=1S/C23H20N4/c24-9-8-23-13-18(23)11-19-12-20(14-23)27-22(26-19)10-16-6-7-21(25-15-16)17-4-2-1-3-5-17/h1-7,11,14-15,18H,8,10,12-13H2,(H,26,27). The number of nitrogens with one attached hydrogen (secondary N) is 1. The number of amidine groups is 1. The van der Waals surface area contributed by atoms with Crippen LogP contribution in [0.2, 0.25) is 0 Å². The summed E-state index contributed by atoms with van der Waals surface area (Å²) in [5.41, 5.74) is 5.61. The van der Waals surface area contributed by atoms with Crippen molar-refractivity contribution < 1.29 is 0 Å². The van der Waals surface area contributed by atoms with Crippen molar-refractivity contribution >= 4 is 5.84 Å². The molecule has 0 saturated heterocycles. The monoisotopic (exact) mass is 352 g/mol. The number of benzene rings is 1. The van der Waals surface area contributed by atoms with Crippen LogP contribution in [0.1, 0.15) is 24.8 Å². The van der Waals surface area contributed by atoms with Gasteiger partial charge in [-0.25, -0.2) is 4.99 Å². The predicted molar refractivity (Wildman–Crippen MR) is 106 cm³/mol. The van der Waals surface area contributed by atoms with Crippen LogP contribution in [0.5, 0.6) is 0 Å². The number of rotatable bonds is 4. The summed E-state index contributed by atoms with van der Waals surface area (Å²) >= 11 is 0. The van der Waals surface area contributed by atoms with E-state index in [1.165, 1.54) is 5.70 Å². The van der Waals surface area contributed by atoms with E-state index in [9.17, 15) is 0 Å². The van der Waals surface area contributed by atoms with Crippen LogP contribution in [0.3, 0.4) is 0 Å². The van der Waals surface area contributed by atoms with E-state index in [1.54, 1.807) is 0 Å². The second-order valence-electron chi connectivity index (χ2n) is 7.66. The van der Waals surface area contributed by atoms with Crippen molar-refractivity contribution in [3.05, 3.63) is 77.8 Å². The highest BCUT2D eigenvalue weighted by molar-refractivity contribution is 5.88. The second-order valence-corrected chi connectivity index (χ2v) is 7.66. The van der Waals surface area contributed by atoms with E-state index in [4.69, 9.17) is 10.3 Å². The smallest absolute Gasteiger partial charge is 0.110 e. The lowest BCUT2D eigenvalue weighted by Crippen LogP contribution is -2.29. The summed E-state index contributed by atoms with van der Waals surface area (Å²) in [4.78, 5) is 9.43. The van der Waals surface area contributed by atoms with Gasteiger partial charge in [0.25, 0.3) is 0 Å². The maximum atomic E-state index is 9.14. The first-order chi connectivity index (χ1) is 13.2. The summed E-state index contributed by atoms with van der Waals surface area (Å²) in [7, 11) is 0. The summed E-state index contributed by atoms with van der Waals surface area (Å²) < 4.78 is 0. The maximum Gasteiger partial charge on any atom is 0.110 e. The Hall–Kier alpha value is -3.19. The number of allylic oxidation sites excluding steroid dienone is 2. The molecule has 1 N–H and O–H groups in total. The molecule has 4 nitrogen and oxygen atoms in total. The van der Waals surface area contributed by atoms with E-state index in [1.807, 2.05) is 24.4 Å². The molecule has 2 atom stereocenters. The molecule has 2 aliphatic carbocycles. The number of pyridine rings is 1. The molecule has 1 aromatic heterocycles. The highest BCUT2D eigenvalue weighted by atomic mass is 15.0. The van der Waals surface area contributed by atoms with E-state index in [-0.39, 0.29) is 5.41 Å². The predicted octanol–water partition coefficient (Wildman–Crippen LogP) is 4.38. The van der Waals surface area contributed by atoms with Gasteiger partial charge in [0.1, 0.15) is 5.84 Å². The lowest BCUT2D eigenvalue weighted by molar-refractivity contribution is 0.627. The molecule has 0 spiro atoms. The number of nitriles is 1. The molecule has 2 heterocycles. The first-order valence-corrected chi connectivity index (χ1v) is 9.38. The molecular formula is C23H20N4. The minimum Gasteiger partial charge on any atom is -0.347 e. The van der Waals surface area contributed by atoms with Crippen LogP contribution < -0.4 is 5.32 Å². The fraction of sp³-hybridized carbons (Fsp3) is 0.261. The minimum atomic E-state index is 0.0443. The van der Waals surface area contributed by atoms with E-state index in [2.05, 4.69) is 52.8 Å². The number of fused-ring (bicyclic) bond motifs is 3. The van der Waals surface area contributed by atoms with Gasteiger partial charge in [-0.2, -0.15) is 5.26 Å². The van der Waals surface area contributed by atoms with Gasteiger partial charge in [-0.05, 0) is 24.0 Å². The van der Waals surface area contributed by atoms with Gasteiger partial charge in [0.05, 0.1) is 11.8 Å². The van der Waals surface area contributed by atoms with Crippen molar-refractivity contribution in [2.45, 2.75) is 25.7 Å². The molecule has 3 aliphatic rings. The van der Waals surface area contributed by atoms with Gasteiger partial charge in [-0.3, -0.25) is 4.98 Å². The molecule has 4 heteroatoms. The lowest BCUT2D eigenvalue weighted by atomic mass is 9.99. The zero-order chi connectivity index (χ0) is 18.3. The van der Waals surface area contributed by atoms with Crippen LogP contribution in [0.4, 0.5) is 0 Å². The molecule has 1 aromatic carbocycles. The minimum absolute atomic E-state index is 0.0443. The number of hydrogen-bond acceptors (Lipinski definition) is 4. The average molecular weight is 352 g/mol. The largest absolute Gasteiger partial charge is 0.347 e. The molecule has 1 saturated carbocycles. The molecule has 2 unspecified atom stereocenters. The SMILES string of the molecule is N#CCC12C=C3CC(=CC1C2)N=C(Cc1ccc(-c2ccccc2)nc1)N3. The first-order valence-electron chi connectivity index (χ1n) is 9.38. The number of nitrogens with zero attached hydrogens (tertiary/aromatic N) is 3. The van der Waals surface area contributed by atoms with Gasteiger partial charge < -0.3 is 5.32 Å². The first kappa shape index (κ1) is 16.0. The zero-order valence-corrected chi connectivity index (χ0v) is 15.0.